The number of nitrogens with one attached hydrogen (secondary N) is 2. The Balaban J connectivity index is 1.44. The molecule has 1 atom stereocenters. The summed E-state index contributed by atoms with van der Waals surface area (Å²) >= 11 is 0. The first-order chi connectivity index (χ1) is 13.1. The second-order valence-electron chi connectivity index (χ2n) is 7.39. The van der Waals surface area contributed by atoms with E-state index < -0.39 is 0 Å². The van der Waals surface area contributed by atoms with E-state index in [1.807, 2.05) is 26.0 Å². The summed E-state index contributed by atoms with van der Waals surface area (Å²) in [5.74, 6) is 0.762. The van der Waals surface area contributed by atoms with Gasteiger partial charge in [-0.1, -0.05) is 6.92 Å². The van der Waals surface area contributed by atoms with Crippen LogP contribution in [0.4, 0.5) is 0 Å². The van der Waals surface area contributed by atoms with Crippen LogP contribution in [0.15, 0.2) is 18.3 Å². The fourth-order valence-electron chi connectivity index (χ4n) is 3.92. The van der Waals surface area contributed by atoms with Crippen LogP contribution < -0.4 is 15.4 Å². The van der Waals surface area contributed by atoms with E-state index in [0.29, 0.717) is 6.54 Å². The van der Waals surface area contributed by atoms with Gasteiger partial charge in [-0.25, -0.2) is 0 Å². The molecular formula is C20H30N4O3. The first-order valence-electron chi connectivity index (χ1n) is 9.96. The molecule has 1 unspecified atom stereocenters. The number of aromatic nitrogens is 1. The predicted molar refractivity (Wildman–Crippen MR) is 102 cm³/mol. The number of hydrogen-bond donors (Lipinski definition) is 2. The maximum atomic E-state index is 12.4. The standard InChI is InChI=1S/C20H30N4O3/c1-3-24-12-11-22-20(26)17(24)13-19(25)23-15-6-8-16(9-7-15)27-18-5-4-10-21-14(18)2/h4-5,10,15-17H,3,6-9,11-13H2,1-2H3,(H,22,26)(H,23,25). The van der Waals surface area contributed by atoms with Crippen molar-refractivity contribution in [3.05, 3.63) is 24.0 Å². The van der Waals surface area contributed by atoms with Crippen LogP contribution in [0.5, 0.6) is 5.75 Å². The summed E-state index contributed by atoms with van der Waals surface area (Å²) in [4.78, 5) is 30.9. The van der Waals surface area contributed by atoms with Gasteiger partial charge in [0.15, 0.2) is 0 Å². The predicted octanol–water partition coefficient (Wildman–Crippen LogP) is 1.41. The number of likely N-dealkylation sites (N-methyl/N-ethyl adjacent to an activating group) is 1. The van der Waals surface area contributed by atoms with Crippen LogP contribution in [-0.2, 0) is 9.59 Å². The molecule has 7 heteroatoms. The molecule has 0 radical (unpaired) electrons. The number of pyridine rings is 1. The molecule has 0 aromatic carbocycles. The molecule has 1 aromatic heterocycles. The zero-order valence-electron chi connectivity index (χ0n) is 16.2. The van der Waals surface area contributed by atoms with Crippen LogP contribution >= 0.6 is 0 Å². The van der Waals surface area contributed by atoms with Gasteiger partial charge in [0.2, 0.25) is 11.8 Å². The van der Waals surface area contributed by atoms with Crippen molar-refractivity contribution in [3.63, 3.8) is 0 Å². The van der Waals surface area contributed by atoms with E-state index in [1.54, 1.807) is 6.20 Å². The molecule has 3 rings (SSSR count). The van der Waals surface area contributed by atoms with Gasteiger partial charge in [0.25, 0.3) is 0 Å². The molecule has 1 aliphatic carbocycles. The summed E-state index contributed by atoms with van der Waals surface area (Å²) in [5, 5.41) is 5.97. The second-order valence-corrected chi connectivity index (χ2v) is 7.39. The van der Waals surface area contributed by atoms with Crippen LogP contribution in [0, 0.1) is 6.92 Å². The van der Waals surface area contributed by atoms with E-state index in [1.165, 1.54) is 0 Å². The topological polar surface area (TPSA) is 83.6 Å². The molecule has 1 aromatic rings. The Morgan fingerprint density at radius 3 is 2.85 bits per heavy atom. The summed E-state index contributed by atoms with van der Waals surface area (Å²) in [5.41, 5.74) is 0.902. The lowest BCUT2D eigenvalue weighted by molar-refractivity contribution is -0.134. The minimum Gasteiger partial charge on any atom is -0.489 e. The van der Waals surface area contributed by atoms with Gasteiger partial charge in [0.05, 0.1) is 24.3 Å². The van der Waals surface area contributed by atoms with E-state index >= 15 is 0 Å². The van der Waals surface area contributed by atoms with Crippen molar-refractivity contribution in [3.8, 4) is 5.75 Å². The lowest BCUT2D eigenvalue weighted by Crippen LogP contribution is -2.56. The Kier molecular flexibility index (Phi) is 6.66. The van der Waals surface area contributed by atoms with Crippen molar-refractivity contribution in [1.82, 2.24) is 20.5 Å². The average molecular weight is 374 g/mol. The number of rotatable bonds is 6. The molecule has 27 heavy (non-hydrogen) atoms. The average Bonchev–Trinajstić information content (AvgIpc) is 2.67. The highest BCUT2D eigenvalue weighted by Gasteiger charge is 2.31. The van der Waals surface area contributed by atoms with E-state index in [2.05, 4.69) is 20.5 Å². The third-order valence-electron chi connectivity index (χ3n) is 5.52. The van der Waals surface area contributed by atoms with Crippen molar-refractivity contribution in [2.24, 2.45) is 0 Å². The Morgan fingerprint density at radius 1 is 1.37 bits per heavy atom. The molecule has 0 spiro atoms. The van der Waals surface area contributed by atoms with Gasteiger partial charge in [0.1, 0.15) is 5.75 Å². The zero-order chi connectivity index (χ0) is 19.2. The summed E-state index contributed by atoms with van der Waals surface area (Å²) in [6.07, 6.45) is 5.76. The van der Waals surface area contributed by atoms with Gasteiger partial charge in [0, 0.05) is 25.3 Å². The highest BCUT2D eigenvalue weighted by Crippen LogP contribution is 2.25. The molecule has 148 valence electrons. The van der Waals surface area contributed by atoms with Crippen LogP contribution in [0.2, 0.25) is 0 Å². The second kappa shape index (κ2) is 9.17. The fraction of sp³-hybridized carbons (Fsp3) is 0.650. The van der Waals surface area contributed by atoms with Crippen molar-refractivity contribution in [2.45, 2.75) is 64.1 Å². The largest absolute Gasteiger partial charge is 0.489 e. The number of carbonyl (C=O) groups is 2. The summed E-state index contributed by atoms with van der Waals surface area (Å²) in [7, 11) is 0. The molecule has 7 nitrogen and oxygen atoms in total. The fourth-order valence-corrected chi connectivity index (χ4v) is 3.92. The van der Waals surface area contributed by atoms with Crippen molar-refractivity contribution in [2.75, 3.05) is 19.6 Å². The molecule has 1 saturated heterocycles. The molecule has 2 fully saturated rings. The third kappa shape index (κ3) is 5.19. The third-order valence-corrected chi connectivity index (χ3v) is 5.52. The highest BCUT2D eigenvalue weighted by atomic mass is 16.5. The van der Waals surface area contributed by atoms with E-state index in [9.17, 15) is 9.59 Å². The molecule has 2 N–H and O–H groups in total. The van der Waals surface area contributed by atoms with Gasteiger partial charge in [-0.3, -0.25) is 19.5 Å². The quantitative estimate of drug-likeness (QED) is 0.787. The summed E-state index contributed by atoms with van der Waals surface area (Å²) < 4.78 is 6.07. The Hall–Kier alpha value is -2.15. The molecule has 2 aliphatic rings. The minimum atomic E-state index is -0.350. The molecule has 2 amide bonds. The lowest BCUT2D eigenvalue weighted by Gasteiger charge is -2.34. The summed E-state index contributed by atoms with van der Waals surface area (Å²) in [6, 6.07) is 3.64. The lowest BCUT2D eigenvalue weighted by atomic mass is 9.92. The first-order valence-corrected chi connectivity index (χ1v) is 9.96. The number of aryl methyl sites for hydroxylation is 1. The minimum absolute atomic E-state index is 0.0389. The van der Waals surface area contributed by atoms with Gasteiger partial charge < -0.3 is 15.4 Å². The van der Waals surface area contributed by atoms with Crippen LogP contribution in [0.25, 0.3) is 0 Å². The molecular weight excluding hydrogens is 344 g/mol. The van der Waals surface area contributed by atoms with Crippen LogP contribution in [0.1, 0.15) is 44.7 Å². The number of nitrogens with zero attached hydrogens (tertiary/aromatic N) is 2. The van der Waals surface area contributed by atoms with Crippen LogP contribution in [0.3, 0.4) is 0 Å². The normalized spacial score (nSPS) is 26.3. The molecule has 0 bridgehead atoms. The first kappa shape index (κ1) is 19.6. The number of amides is 2. The van der Waals surface area contributed by atoms with E-state index in [4.69, 9.17) is 4.74 Å². The highest BCUT2D eigenvalue weighted by molar-refractivity contribution is 5.88. The van der Waals surface area contributed by atoms with Gasteiger partial charge in [-0.15, -0.1) is 0 Å². The molecule has 1 saturated carbocycles. The Bertz CT molecular complexity index is 658. The summed E-state index contributed by atoms with van der Waals surface area (Å²) in [6.45, 7) is 6.21. The van der Waals surface area contributed by atoms with Gasteiger partial charge >= 0.3 is 0 Å². The van der Waals surface area contributed by atoms with Crippen molar-refractivity contribution in [1.29, 1.82) is 0 Å². The van der Waals surface area contributed by atoms with E-state index in [-0.39, 0.29) is 36.4 Å². The number of ether oxygens (including phenoxy) is 1. The maximum absolute atomic E-state index is 12.4. The Labute approximate surface area is 160 Å². The van der Waals surface area contributed by atoms with Gasteiger partial charge in [-0.05, 0) is 51.3 Å². The molecule has 1 aliphatic heterocycles. The number of piperazine rings is 1. The smallest absolute Gasteiger partial charge is 0.237 e. The van der Waals surface area contributed by atoms with Crippen molar-refractivity contribution >= 4 is 11.8 Å². The molecule has 2 heterocycles. The number of hydrogen-bond acceptors (Lipinski definition) is 5. The maximum Gasteiger partial charge on any atom is 0.237 e. The van der Waals surface area contributed by atoms with Gasteiger partial charge in [-0.2, -0.15) is 0 Å². The SMILES string of the molecule is CCN1CCNC(=O)C1CC(=O)NC1CCC(Oc2cccnc2C)CC1. The van der Waals surface area contributed by atoms with Crippen molar-refractivity contribution < 1.29 is 14.3 Å². The number of carbonyl (C=O) groups excluding carboxylic acids is 2. The monoisotopic (exact) mass is 374 g/mol. The van der Waals surface area contributed by atoms with Crippen LogP contribution in [-0.4, -0.2) is 59.5 Å². The Morgan fingerprint density at radius 2 is 2.15 bits per heavy atom. The van der Waals surface area contributed by atoms with E-state index in [0.717, 1.165) is 50.2 Å². The zero-order valence-corrected chi connectivity index (χ0v) is 16.2.